The van der Waals surface area contributed by atoms with Crippen molar-refractivity contribution in [2.75, 3.05) is 26.9 Å². The van der Waals surface area contributed by atoms with Gasteiger partial charge < -0.3 is 29.7 Å². The summed E-state index contributed by atoms with van der Waals surface area (Å²) in [4.78, 5) is 12.3. The Balaban J connectivity index is 2.24. The van der Waals surface area contributed by atoms with Gasteiger partial charge in [0.25, 0.3) is 0 Å². The molecule has 3 N–H and O–H groups in total. The minimum atomic E-state index is -0.733. The third-order valence-electron chi connectivity index (χ3n) is 3.68. The Hall–Kier alpha value is -1.15. The lowest BCUT2D eigenvalue weighted by Crippen LogP contribution is -2.46. The lowest BCUT2D eigenvalue weighted by Gasteiger charge is -2.35. The molecule has 1 fully saturated rings. The van der Waals surface area contributed by atoms with Crippen molar-refractivity contribution in [1.29, 1.82) is 0 Å². The van der Waals surface area contributed by atoms with Crippen molar-refractivity contribution in [3.63, 3.8) is 0 Å². The summed E-state index contributed by atoms with van der Waals surface area (Å²) in [5.41, 5.74) is -0.191. The number of aliphatic hydroxyl groups is 2. The van der Waals surface area contributed by atoms with Crippen LogP contribution in [0, 0.1) is 0 Å². The Morgan fingerprint density at radius 2 is 2.00 bits per heavy atom. The van der Waals surface area contributed by atoms with Crippen LogP contribution >= 0.6 is 0 Å². The van der Waals surface area contributed by atoms with Crippen LogP contribution in [-0.2, 0) is 19.0 Å². The van der Waals surface area contributed by atoms with E-state index in [9.17, 15) is 15.0 Å². The number of methoxy groups -OCH3 is 1. The Morgan fingerprint density at radius 1 is 1.33 bits per heavy atom. The van der Waals surface area contributed by atoms with Gasteiger partial charge in [-0.05, 0) is 13.8 Å². The smallest absolute Gasteiger partial charge is 0.202 e. The fourth-order valence-electron chi connectivity index (χ4n) is 2.82. The van der Waals surface area contributed by atoms with Crippen molar-refractivity contribution in [2.24, 2.45) is 0 Å². The van der Waals surface area contributed by atoms with Crippen molar-refractivity contribution >= 4 is 5.78 Å². The van der Waals surface area contributed by atoms with Gasteiger partial charge in [-0.2, -0.15) is 0 Å². The van der Waals surface area contributed by atoms with Gasteiger partial charge in [0.1, 0.15) is 5.60 Å². The van der Waals surface area contributed by atoms with E-state index in [1.165, 1.54) is 7.11 Å². The van der Waals surface area contributed by atoms with Gasteiger partial charge in [-0.15, -0.1) is 0 Å². The van der Waals surface area contributed by atoms with Crippen LogP contribution in [0.1, 0.15) is 26.7 Å². The highest BCUT2D eigenvalue weighted by molar-refractivity contribution is 5.96. The van der Waals surface area contributed by atoms with Crippen LogP contribution in [-0.4, -0.2) is 60.4 Å². The van der Waals surface area contributed by atoms with E-state index in [2.05, 4.69) is 5.32 Å². The molecule has 0 amide bonds. The molecule has 0 aromatic rings. The summed E-state index contributed by atoms with van der Waals surface area (Å²) in [6.07, 6.45) is 0.593. The van der Waals surface area contributed by atoms with Crippen LogP contribution in [0.3, 0.4) is 0 Å². The molecule has 0 unspecified atom stereocenters. The Kier molecular flexibility index (Phi) is 4.57. The first-order valence-electron chi connectivity index (χ1n) is 6.97. The fraction of sp³-hybridized carbons (Fsp3) is 0.786. The predicted octanol–water partition coefficient (Wildman–Crippen LogP) is -0.328. The van der Waals surface area contributed by atoms with E-state index < -0.39 is 17.4 Å². The molecular formula is C14H23NO6. The average Bonchev–Trinajstić information content (AvgIpc) is 2.70. The van der Waals surface area contributed by atoms with Crippen LogP contribution < -0.4 is 5.32 Å². The van der Waals surface area contributed by atoms with Crippen LogP contribution in [0.2, 0.25) is 0 Å². The minimum Gasteiger partial charge on any atom is -0.491 e. The highest BCUT2D eigenvalue weighted by Gasteiger charge is 2.50. The number of Topliss-reactive ketones (excluding diaryl/α,β-unsaturated/α-hetero) is 1. The zero-order chi connectivity index (χ0) is 15.7. The van der Waals surface area contributed by atoms with Gasteiger partial charge in [-0.1, -0.05) is 0 Å². The van der Waals surface area contributed by atoms with Crippen molar-refractivity contribution < 1.29 is 29.2 Å². The first-order valence-corrected chi connectivity index (χ1v) is 6.97. The van der Waals surface area contributed by atoms with Gasteiger partial charge in [0.2, 0.25) is 5.78 Å². The Bertz CT molecular complexity index is 443. The number of carbonyl (C=O) groups excluding carboxylic acids is 1. The number of hydrogen-bond donors (Lipinski definition) is 3. The van der Waals surface area contributed by atoms with E-state index in [0.717, 1.165) is 0 Å². The summed E-state index contributed by atoms with van der Waals surface area (Å²) in [5, 5.41) is 21.4. The molecule has 0 radical (unpaired) electrons. The maximum absolute atomic E-state index is 12.3. The van der Waals surface area contributed by atoms with Gasteiger partial charge in [0.15, 0.2) is 11.5 Å². The van der Waals surface area contributed by atoms with Crippen LogP contribution in [0.15, 0.2) is 11.5 Å². The second-order valence-corrected chi connectivity index (χ2v) is 5.97. The third kappa shape index (κ3) is 3.37. The lowest BCUT2D eigenvalue weighted by molar-refractivity contribution is -0.166. The number of nitrogens with one attached hydrogen (secondary N) is 1. The summed E-state index contributed by atoms with van der Waals surface area (Å²) >= 11 is 0. The number of aliphatic hydroxyl groups excluding tert-OH is 2. The molecular weight excluding hydrogens is 278 g/mol. The van der Waals surface area contributed by atoms with E-state index in [1.54, 1.807) is 13.8 Å². The molecule has 1 spiro atoms. The number of rotatable bonds is 5. The van der Waals surface area contributed by atoms with Crippen molar-refractivity contribution in [3.05, 3.63) is 11.5 Å². The summed E-state index contributed by atoms with van der Waals surface area (Å²) in [5.74, 6) is -0.688. The average molecular weight is 301 g/mol. The SMILES string of the molecule is COC1=C(NC(CO)CO)C[C@@]2(COC(C)(C)O2)CC1=O. The largest absolute Gasteiger partial charge is 0.491 e. The predicted molar refractivity (Wildman–Crippen MR) is 73.2 cm³/mol. The summed E-state index contributed by atoms with van der Waals surface area (Å²) in [6, 6.07) is -0.552. The molecule has 1 saturated heterocycles. The normalized spacial score (nSPS) is 28.6. The zero-order valence-electron chi connectivity index (χ0n) is 12.6. The summed E-state index contributed by atoms with van der Waals surface area (Å²) in [7, 11) is 1.43. The zero-order valence-corrected chi connectivity index (χ0v) is 12.6. The molecule has 0 saturated carbocycles. The number of allylic oxidation sites excluding steroid dienone is 1. The first kappa shape index (κ1) is 16.2. The molecule has 0 aromatic carbocycles. The van der Waals surface area contributed by atoms with Crippen LogP contribution in [0.5, 0.6) is 0 Å². The molecule has 7 heteroatoms. The van der Waals surface area contributed by atoms with Crippen LogP contribution in [0.4, 0.5) is 0 Å². The molecule has 1 heterocycles. The lowest BCUT2D eigenvalue weighted by atomic mass is 9.85. The summed E-state index contributed by atoms with van der Waals surface area (Å²) < 4.78 is 16.7. The topological polar surface area (TPSA) is 97.2 Å². The molecule has 1 aliphatic carbocycles. The molecule has 1 atom stereocenters. The van der Waals surface area contributed by atoms with Crippen molar-refractivity contribution in [3.8, 4) is 0 Å². The highest BCUT2D eigenvalue weighted by atomic mass is 16.8. The molecule has 0 bridgehead atoms. The monoisotopic (exact) mass is 301 g/mol. The van der Waals surface area contributed by atoms with E-state index in [4.69, 9.17) is 14.2 Å². The maximum Gasteiger partial charge on any atom is 0.202 e. The number of ketones is 1. The van der Waals surface area contributed by atoms with Crippen molar-refractivity contribution in [2.45, 2.75) is 44.1 Å². The van der Waals surface area contributed by atoms with E-state index >= 15 is 0 Å². The second kappa shape index (κ2) is 5.92. The Morgan fingerprint density at radius 3 is 2.48 bits per heavy atom. The van der Waals surface area contributed by atoms with E-state index in [0.29, 0.717) is 18.7 Å². The van der Waals surface area contributed by atoms with Gasteiger partial charge in [-0.3, -0.25) is 4.79 Å². The van der Waals surface area contributed by atoms with Gasteiger partial charge >= 0.3 is 0 Å². The third-order valence-corrected chi connectivity index (χ3v) is 3.68. The first-order chi connectivity index (χ1) is 9.84. The van der Waals surface area contributed by atoms with Gasteiger partial charge in [0.05, 0.1) is 38.7 Å². The number of ether oxygens (including phenoxy) is 3. The minimum absolute atomic E-state index is 0.179. The van der Waals surface area contributed by atoms with E-state index in [1.807, 2.05) is 0 Å². The molecule has 7 nitrogen and oxygen atoms in total. The Labute approximate surface area is 123 Å². The van der Waals surface area contributed by atoms with Gasteiger partial charge in [0, 0.05) is 12.8 Å². The molecule has 0 aromatic heterocycles. The number of carbonyl (C=O) groups is 1. The molecule has 1 aliphatic heterocycles. The highest BCUT2D eigenvalue weighted by Crippen LogP contribution is 2.41. The number of hydrogen-bond acceptors (Lipinski definition) is 7. The molecule has 21 heavy (non-hydrogen) atoms. The molecule has 2 aliphatic rings. The van der Waals surface area contributed by atoms with Crippen LogP contribution in [0.25, 0.3) is 0 Å². The van der Waals surface area contributed by atoms with Gasteiger partial charge in [-0.25, -0.2) is 0 Å². The standard InChI is InChI=1S/C14H23NO6/c1-13(2)20-8-14(21-13)4-10(15-9(6-16)7-17)12(19-3)11(18)5-14/h9,15-17H,4-8H2,1-3H3/t14-/m0/s1. The second-order valence-electron chi connectivity index (χ2n) is 5.97. The van der Waals surface area contributed by atoms with Crippen molar-refractivity contribution in [1.82, 2.24) is 5.32 Å². The van der Waals surface area contributed by atoms with E-state index in [-0.39, 0.29) is 31.2 Å². The fourth-order valence-corrected chi connectivity index (χ4v) is 2.82. The summed E-state index contributed by atoms with van der Waals surface area (Å²) in [6.45, 7) is 3.43. The maximum atomic E-state index is 12.3. The molecule has 120 valence electrons. The quantitative estimate of drug-likeness (QED) is 0.640. The molecule has 2 rings (SSSR count).